The fourth-order valence-corrected chi connectivity index (χ4v) is 8.13. The molecule has 10 heteroatoms. The molecule has 214 valence electrons. The van der Waals surface area contributed by atoms with E-state index in [1.807, 2.05) is 30.5 Å². The van der Waals surface area contributed by atoms with Crippen LogP contribution >= 0.6 is 11.6 Å². The standard InChI is InChI=1S/C31H32ClN3O5S/c1-20(36)34-17-23-15-22(34)18-35(23)41(37,38)25-8-9-29(32)21(14-25)19-39-31(11-12-31)28-16-33-13-10-26(28)27-4-2-3-5-30(27)40-24-6-7-24/h2-5,8-10,13-14,16,22-24H,6-7,11-12,15,17-19H2,1H3/t22-,23-/m0/s1. The maximum atomic E-state index is 13.6. The van der Waals surface area contributed by atoms with E-state index in [4.69, 9.17) is 21.1 Å². The van der Waals surface area contributed by atoms with Crippen molar-refractivity contribution in [3.8, 4) is 16.9 Å². The number of para-hydroxylation sites is 1. The summed E-state index contributed by atoms with van der Waals surface area (Å²) in [4.78, 5) is 18.3. The van der Waals surface area contributed by atoms with Gasteiger partial charge in [0.25, 0.3) is 0 Å². The first-order chi connectivity index (χ1) is 19.7. The van der Waals surface area contributed by atoms with E-state index in [2.05, 4.69) is 11.1 Å². The molecule has 2 bridgehead atoms. The Hall–Kier alpha value is -2.98. The minimum absolute atomic E-state index is 0.00909. The number of hydrogen-bond acceptors (Lipinski definition) is 6. The number of carbonyl (C=O) groups is 1. The molecule has 2 saturated heterocycles. The zero-order chi connectivity index (χ0) is 28.4. The zero-order valence-corrected chi connectivity index (χ0v) is 24.4. The molecule has 2 aliphatic carbocycles. The molecule has 3 aromatic rings. The first kappa shape index (κ1) is 26.9. The fourth-order valence-electron chi connectivity index (χ4n) is 6.24. The topological polar surface area (TPSA) is 89.0 Å². The highest BCUT2D eigenvalue weighted by atomic mass is 35.5. The summed E-state index contributed by atoms with van der Waals surface area (Å²) in [5.41, 5.74) is 3.13. The van der Waals surface area contributed by atoms with Crippen LogP contribution in [0.2, 0.25) is 5.02 Å². The van der Waals surface area contributed by atoms with Gasteiger partial charge in [0.2, 0.25) is 15.9 Å². The molecule has 41 heavy (non-hydrogen) atoms. The predicted molar refractivity (Wildman–Crippen MR) is 154 cm³/mol. The Morgan fingerprint density at radius 2 is 1.88 bits per heavy atom. The Morgan fingerprint density at radius 3 is 2.59 bits per heavy atom. The van der Waals surface area contributed by atoms with Crippen LogP contribution in [0.15, 0.2) is 65.8 Å². The molecule has 0 N–H and O–H groups in total. The van der Waals surface area contributed by atoms with Gasteiger partial charge in [-0.05, 0) is 73.6 Å². The van der Waals surface area contributed by atoms with E-state index in [-0.39, 0.29) is 35.6 Å². The normalized spacial score (nSPS) is 23.1. The van der Waals surface area contributed by atoms with Crippen LogP contribution in [0, 0.1) is 0 Å². The van der Waals surface area contributed by atoms with Crippen molar-refractivity contribution in [2.45, 2.75) is 74.3 Å². The second kappa shape index (κ2) is 10.1. The van der Waals surface area contributed by atoms with Crippen molar-refractivity contribution in [3.63, 3.8) is 0 Å². The number of benzene rings is 2. The molecule has 4 aliphatic rings. The third-order valence-corrected chi connectivity index (χ3v) is 11.0. The van der Waals surface area contributed by atoms with Crippen molar-refractivity contribution in [1.29, 1.82) is 0 Å². The monoisotopic (exact) mass is 593 g/mol. The summed E-state index contributed by atoms with van der Waals surface area (Å²) in [6.07, 6.45) is 8.42. The van der Waals surface area contributed by atoms with Crippen molar-refractivity contribution in [1.82, 2.24) is 14.2 Å². The summed E-state index contributed by atoms with van der Waals surface area (Å²) in [7, 11) is -3.74. The first-order valence-electron chi connectivity index (χ1n) is 14.2. The van der Waals surface area contributed by atoms with Crippen LogP contribution in [-0.4, -0.2) is 59.8 Å². The van der Waals surface area contributed by atoms with Gasteiger partial charge >= 0.3 is 0 Å². The van der Waals surface area contributed by atoms with Gasteiger partial charge in [-0.15, -0.1) is 0 Å². The molecule has 0 spiro atoms. The molecule has 2 aliphatic heterocycles. The van der Waals surface area contributed by atoms with Crippen LogP contribution in [0.1, 0.15) is 50.2 Å². The molecular weight excluding hydrogens is 562 g/mol. The number of aromatic nitrogens is 1. The van der Waals surface area contributed by atoms with Gasteiger partial charge in [0.1, 0.15) is 5.75 Å². The van der Waals surface area contributed by atoms with Crippen LogP contribution in [0.4, 0.5) is 0 Å². The Balaban J connectivity index is 1.12. The lowest BCUT2D eigenvalue weighted by Crippen LogP contribution is -2.49. The van der Waals surface area contributed by atoms with E-state index in [1.165, 1.54) is 11.2 Å². The quantitative estimate of drug-likeness (QED) is 0.341. The molecule has 2 aromatic carbocycles. The highest BCUT2D eigenvalue weighted by Crippen LogP contribution is 2.53. The average molecular weight is 594 g/mol. The predicted octanol–water partition coefficient (Wildman–Crippen LogP) is 5.14. The summed E-state index contributed by atoms with van der Waals surface area (Å²) in [6, 6.07) is 14.6. The summed E-state index contributed by atoms with van der Waals surface area (Å²) < 4.78 is 41.6. The van der Waals surface area contributed by atoms with Crippen molar-refractivity contribution in [2.24, 2.45) is 0 Å². The van der Waals surface area contributed by atoms with E-state index in [0.29, 0.717) is 30.1 Å². The Kier molecular flexibility index (Phi) is 6.61. The van der Waals surface area contributed by atoms with Gasteiger partial charge in [-0.2, -0.15) is 4.31 Å². The lowest BCUT2D eigenvalue weighted by Gasteiger charge is -2.33. The number of rotatable bonds is 9. The number of pyridine rings is 1. The van der Waals surface area contributed by atoms with Crippen molar-refractivity contribution < 1.29 is 22.7 Å². The Morgan fingerprint density at radius 1 is 1.07 bits per heavy atom. The fraction of sp³-hybridized carbons (Fsp3) is 0.419. The molecule has 2 saturated carbocycles. The lowest BCUT2D eigenvalue weighted by molar-refractivity contribution is -0.130. The minimum atomic E-state index is -3.74. The van der Waals surface area contributed by atoms with Crippen LogP contribution < -0.4 is 4.74 Å². The molecule has 8 nitrogen and oxygen atoms in total. The highest BCUT2D eigenvalue weighted by Gasteiger charge is 2.50. The number of sulfonamides is 1. The third-order valence-electron chi connectivity index (χ3n) is 8.73. The number of halogens is 1. The molecule has 0 radical (unpaired) electrons. The molecule has 1 aromatic heterocycles. The smallest absolute Gasteiger partial charge is 0.243 e. The van der Waals surface area contributed by atoms with Crippen LogP contribution in [-0.2, 0) is 31.8 Å². The van der Waals surface area contributed by atoms with Crippen molar-refractivity contribution in [3.05, 3.63) is 77.1 Å². The molecular formula is C31H32ClN3O5S. The molecule has 1 amide bonds. The number of hydrogen-bond donors (Lipinski definition) is 0. The van der Waals surface area contributed by atoms with E-state index in [9.17, 15) is 13.2 Å². The minimum Gasteiger partial charge on any atom is -0.490 e. The van der Waals surface area contributed by atoms with Gasteiger partial charge in [-0.25, -0.2) is 8.42 Å². The van der Waals surface area contributed by atoms with Crippen LogP contribution in [0.25, 0.3) is 11.1 Å². The maximum absolute atomic E-state index is 13.6. The number of piperazine rings is 1. The number of fused-ring (bicyclic) bond motifs is 2. The molecule has 3 heterocycles. The van der Waals surface area contributed by atoms with E-state index in [1.54, 1.807) is 29.3 Å². The van der Waals surface area contributed by atoms with Crippen LogP contribution in [0.5, 0.6) is 5.75 Å². The Bertz CT molecular complexity index is 1620. The first-order valence-corrected chi connectivity index (χ1v) is 16.0. The summed E-state index contributed by atoms with van der Waals surface area (Å²) >= 11 is 6.56. The van der Waals surface area contributed by atoms with Crippen molar-refractivity contribution in [2.75, 3.05) is 13.1 Å². The summed E-state index contributed by atoms with van der Waals surface area (Å²) in [6.45, 7) is 2.46. The Labute approximate surface area is 245 Å². The van der Waals surface area contributed by atoms with Gasteiger partial charge < -0.3 is 14.4 Å². The number of amides is 1. The molecule has 2 atom stereocenters. The molecule has 4 fully saturated rings. The number of nitrogens with zero attached hydrogens (tertiary/aromatic N) is 3. The number of carbonyl (C=O) groups excluding carboxylic acids is 1. The lowest BCUT2D eigenvalue weighted by atomic mass is 9.96. The van der Waals surface area contributed by atoms with E-state index in [0.717, 1.165) is 48.1 Å². The summed E-state index contributed by atoms with van der Waals surface area (Å²) in [5.74, 6) is 0.853. The SMILES string of the molecule is CC(=O)N1C[C@@H]2C[C@H]1CN2S(=O)(=O)c1ccc(Cl)c(COC2(c3cnccc3-c3ccccc3OC3CC3)CC2)c1. The second-order valence-electron chi connectivity index (χ2n) is 11.6. The van der Waals surface area contributed by atoms with Gasteiger partial charge in [-0.1, -0.05) is 29.8 Å². The van der Waals surface area contributed by atoms with E-state index >= 15 is 0 Å². The van der Waals surface area contributed by atoms with E-state index < -0.39 is 15.6 Å². The van der Waals surface area contributed by atoms with Crippen LogP contribution in [0.3, 0.4) is 0 Å². The largest absolute Gasteiger partial charge is 0.490 e. The molecule has 0 unspecified atom stereocenters. The number of likely N-dealkylation sites (tertiary alicyclic amines) is 1. The van der Waals surface area contributed by atoms with Gasteiger partial charge in [0, 0.05) is 60.6 Å². The van der Waals surface area contributed by atoms with Gasteiger partial charge in [-0.3, -0.25) is 9.78 Å². The van der Waals surface area contributed by atoms with Gasteiger partial charge in [0.15, 0.2) is 0 Å². The molecule has 7 rings (SSSR count). The third kappa shape index (κ3) is 4.92. The highest BCUT2D eigenvalue weighted by molar-refractivity contribution is 7.89. The zero-order valence-electron chi connectivity index (χ0n) is 22.8. The van der Waals surface area contributed by atoms with Gasteiger partial charge in [0.05, 0.1) is 23.2 Å². The number of ether oxygens (including phenoxy) is 2. The average Bonchev–Trinajstić information content (AvgIpc) is 3.88. The second-order valence-corrected chi connectivity index (χ2v) is 13.9. The summed E-state index contributed by atoms with van der Waals surface area (Å²) in [5, 5.41) is 0.458. The van der Waals surface area contributed by atoms with Crippen molar-refractivity contribution >= 4 is 27.5 Å². The maximum Gasteiger partial charge on any atom is 0.243 e.